The number of carbonyl (C=O) groups excluding carboxylic acids is 2. The molecule has 0 aromatic heterocycles. The van der Waals surface area contributed by atoms with Gasteiger partial charge in [0, 0.05) is 19.6 Å². The number of hydrogen-bond acceptors (Lipinski definition) is 2. The van der Waals surface area contributed by atoms with Gasteiger partial charge in [0.1, 0.15) is 0 Å². The molecule has 4 heteroatoms. The second kappa shape index (κ2) is 9.16. The zero-order chi connectivity index (χ0) is 15.7. The van der Waals surface area contributed by atoms with Gasteiger partial charge in [-0.05, 0) is 25.3 Å². The minimum atomic E-state index is -0.514. The van der Waals surface area contributed by atoms with Crippen molar-refractivity contribution in [2.45, 2.75) is 46.6 Å². The van der Waals surface area contributed by atoms with Crippen molar-refractivity contribution in [2.75, 3.05) is 13.1 Å². The number of unbranched alkanes of at least 4 members (excludes halogenated alkanes) is 1. The number of benzene rings is 1. The van der Waals surface area contributed by atoms with E-state index in [1.54, 1.807) is 4.90 Å². The zero-order valence-corrected chi connectivity index (χ0v) is 13.3. The van der Waals surface area contributed by atoms with Crippen LogP contribution < -0.4 is 5.32 Å². The van der Waals surface area contributed by atoms with Crippen molar-refractivity contribution in [3.63, 3.8) is 0 Å². The average molecular weight is 290 g/mol. The van der Waals surface area contributed by atoms with Gasteiger partial charge in [-0.3, -0.25) is 9.59 Å². The van der Waals surface area contributed by atoms with Crippen molar-refractivity contribution in [3.8, 4) is 0 Å². The average Bonchev–Trinajstić information content (AvgIpc) is 2.50. The predicted molar refractivity (Wildman–Crippen MR) is 84.8 cm³/mol. The topological polar surface area (TPSA) is 49.4 Å². The molecule has 116 valence electrons. The fraction of sp³-hybridized carbons (Fsp3) is 0.529. The Morgan fingerprint density at radius 1 is 1.05 bits per heavy atom. The van der Waals surface area contributed by atoms with Crippen LogP contribution in [0.1, 0.15) is 44.2 Å². The van der Waals surface area contributed by atoms with Crippen LogP contribution in [-0.2, 0) is 16.1 Å². The molecule has 1 rings (SSSR count). The highest BCUT2D eigenvalue weighted by Crippen LogP contribution is 2.03. The molecule has 0 fully saturated rings. The maximum Gasteiger partial charge on any atom is 0.311 e. The van der Waals surface area contributed by atoms with Gasteiger partial charge in [0.25, 0.3) is 0 Å². The molecule has 0 aliphatic heterocycles. The molecule has 0 atom stereocenters. The lowest BCUT2D eigenvalue weighted by molar-refractivity contribution is -0.146. The van der Waals surface area contributed by atoms with E-state index in [2.05, 4.69) is 12.2 Å². The van der Waals surface area contributed by atoms with E-state index < -0.39 is 11.8 Å². The zero-order valence-electron chi connectivity index (χ0n) is 13.3. The third-order valence-electron chi connectivity index (χ3n) is 3.33. The summed E-state index contributed by atoms with van der Waals surface area (Å²) in [6, 6.07) is 7.91. The van der Waals surface area contributed by atoms with Crippen molar-refractivity contribution in [1.29, 1.82) is 0 Å². The van der Waals surface area contributed by atoms with E-state index in [0.29, 0.717) is 19.6 Å². The number of nitrogens with zero attached hydrogens (tertiary/aromatic N) is 1. The first-order valence-corrected chi connectivity index (χ1v) is 7.71. The van der Waals surface area contributed by atoms with Crippen LogP contribution in [0.15, 0.2) is 24.3 Å². The van der Waals surface area contributed by atoms with Gasteiger partial charge in [0.05, 0.1) is 0 Å². The van der Waals surface area contributed by atoms with Crippen LogP contribution in [0.3, 0.4) is 0 Å². The van der Waals surface area contributed by atoms with E-state index in [9.17, 15) is 9.59 Å². The number of aryl methyl sites for hydroxylation is 1. The molecule has 0 saturated heterocycles. The molecule has 0 aliphatic carbocycles. The van der Waals surface area contributed by atoms with Crippen LogP contribution in [0.5, 0.6) is 0 Å². The molecule has 0 aliphatic rings. The highest BCUT2D eigenvalue weighted by Gasteiger charge is 2.20. The summed E-state index contributed by atoms with van der Waals surface area (Å²) >= 11 is 0. The van der Waals surface area contributed by atoms with Gasteiger partial charge < -0.3 is 10.2 Å². The molecule has 0 bridgehead atoms. The largest absolute Gasteiger partial charge is 0.344 e. The van der Waals surface area contributed by atoms with Gasteiger partial charge in [0.15, 0.2) is 0 Å². The summed E-state index contributed by atoms with van der Waals surface area (Å²) in [5.41, 5.74) is 2.17. The Labute approximate surface area is 127 Å². The summed E-state index contributed by atoms with van der Waals surface area (Å²) < 4.78 is 0. The second-order valence-electron chi connectivity index (χ2n) is 5.31. The minimum Gasteiger partial charge on any atom is -0.344 e. The quantitative estimate of drug-likeness (QED) is 0.785. The first-order chi connectivity index (χ1) is 10.1. The Hall–Kier alpha value is -1.84. The summed E-state index contributed by atoms with van der Waals surface area (Å²) in [5, 5.41) is 2.70. The van der Waals surface area contributed by atoms with Crippen LogP contribution in [0.4, 0.5) is 0 Å². The van der Waals surface area contributed by atoms with Crippen molar-refractivity contribution in [3.05, 3.63) is 35.4 Å². The summed E-state index contributed by atoms with van der Waals surface area (Å²) in [4.78, 5) is 25.7. The summed E-state index contributed by atoms with van der Waals surface area (Å²) in [5.74, 6) is -0.933. The Bertz CT molecular complexity index is 454. The normalized spacial score (nSPS) is 10.2. The molecule has 1 aromatic rings. The molecule has 0 radical (unpaired) electrons. The number of rotatable bonds is 7. The molecule has 1 aromatic carbocycles. The summed E-state index contributed by atoms with van der Waals surface area (Å²) in [7, 11) is 0. The minimum absolute atomic E-state index is 0.387. The third-order valence-corrected chi connectivity index (χ3v) is 3.33. The number of hydrogen-bond donors (Lipinski definition) is 1. The second-order valence-corrected chi connectivity index (χ2v) is 5.31. The SMILES string of the molecule is CCCCN(CCC)C(=O)C(=O)NCc1ccc(C)cc1. The van der Waals surface area contributed by atoms with Crippen LogP contribution in [0.25, 0.3) is 0 Å². The first kappa shape index (κ1) is 17.2. The van der Waals surface area contributed by atoms with Gasteiger partial charge in [0.2, 0.25) is 0 Å². The van der Waals surface area contributed by atoms with Gasteiger partial charge in [-0.25, -0.2) is 0 Å². The van der Waals surface area contributed by atoms with Gasteiger partial charge in [-0.1, -0.05) is 50.1 Å². The van der Waals surface area contributed by atoms with Crippen LogP contribution in [0, 0.1) is 6.92 Å². The molecule has 21 heavy (non-hydrogen) atoms. The van der Waals surface area contributed by atoms with Gasteiger partial charge in [-0.15, -0.1) is 0 Å². The third kappa shape index (κ3) is 5.98. The Morgan fingerprint density at radius 2 is 1.71 bits per heavy atom. The molecular weight excluding hydrogens is 264 g/mol. The highest BCUT2D eigenvalue weighted by molar-refractivity contribution is 6.34. The standard InChI is InChI=1S/C17H26N2O2/c1-4-6-12-19(11-5-2)17(21)16(20)18-13-15-9-7-14(3)8-10-15/h7-10H,4-6,11-13H2,1-3H3,(H,18,20). The fourth-order valence-corrected chi connectivity index (χ4v) is 2.04. The number of carbonyl (C=O) groups is 2. The Balaban J connectivity index is 2.51. The van der Waals surface area contributed by atoms with E-state index in [4.69, 9.17) is 0 Å². The van der Waals surface area contributed by atoms with Crippen molar-refractivity contribution >= 4 is 11.8 Å². The molecular formula is C17H26N2O2. The molecule has 0 spiro atoms. The van der Waals surface area contributed by atoms with E-state index in [1.165, 1.54) is 5.56 Å². The van der Waals surface area contributed by atoms with Crippen LogP contribution in [0.2, 0.25) is 0 Å². The van der Waals surface area contributed by atoms with E-state index in [1.807, 2.05) is 38.1 Å². The molecule has 1 N–H and O–H groups in total. The first-order valence-electron chi connectivity index (χ1n) is 7.71. The van der Waals surface area contributed by atoms with E-state index in [-0.39, 0.29) is 0 Å². The van der Waals surface area contributed by atoms with E-state index >= 15 is 0 Å². The Kier molecular flexibility index (Phi) is 7.51. The van der Waals surface area contributed by atoms with Crippen molar-refractivity contribution < 1.29 is 9.59 Å². The monoisotopic (exact) mass is 290 g/mol. The number of nitrogens with one attached hydrogen (secondary N) is 1. The maximum atomic E-state index is 12.1. The number of amides is 2. The van der Waals surface area contributed by atoms with Crippen molar-refractivity contribution in [2.24, 2.45) is 0 Å². The highest BCUT2D eigenvalue weighted by atomic mass is 16.2. The van der Waals surface area contributed by atoms with Crippen LogP contribution in [-0.4, -0.2) is 29.8 Å². The van der Waals surface area contributed by atoms with Gasteiger partial charge in [-0.2, -0.15) is 0 Å². The smallest absolute Gasteiger partial charge is 0.311 e. The predicted octanol–water partition coefficient (Wildman–Crippen LogP) is 2.65. The van der Waals surface area contributed by atoms with E-state index in [0.717, 1.165) is 24.8 Å². The summed E-state index contributed by atoms with van der Waals surface area (Å²) in [6.45, 7) is 7.78. The lowest BCUT2D eigenvalue weighted by atomic mass is 10.1. The molecule has 0 heterocycles. The molecule has 0 saturated carbocycles. The molecule has 4 nitrogen and oxygen atoms in total. The summed E-state index contributed by atoms with van der Waals surface area (Å²) in [6.07, 6.45) is 2.80. The maximum absolute atomic E-state index is 12.1. The van der Waals surface area contributed by atoms with Crippen molar-refractivity contribution in [1.82, 2.24) is 10.2 Å². The Morgan fingerprint density at radius 3 is 2.29 bits per heavy atom. The van der Waals surface area contributed by atoms with Crippen LogP contribution >= 0.6 is 0 Å². The fourth-order valence-electron chi connectivity index (χ4n) is 2.04. The lowest BCUT2D eigenvalue weighted by Gasteiger charge is -2.21. The lowest BCUT2D eigenvalue weighted by Crippen LogP contribution is -2.43. The molecule has 0 unspecified atom stereocenters. The molecule has 2 amide bonds. The van der Waals surface area contributed by atoms with Gasteiger partial charge >= 0.3 is 11.8 Å².